The Morgan fingerprint density at radius 2 is 2.04 bits per heavy atom. The second-order valence-corrected chi connectivity index (χ2v) is 6.52. The molecule has 0 unspecified atom stereocenters. The van der Waals surface area contributed by atoms with Gasteiger partial charge in [-0.25, -0.2) is 4.98 Å². The summed E-state index contributed by atoms with van der Waals surface area (Å²) in [5, 5.41) is 14.7. The average Bonchev–Trinajstić information content (AvgIpc) is 2.99. The van der Waals surface area contributed by atoms with Gasteiger partial charge in [-0.1, -0.05) is 30.3 Å². The highest BCUT2D eigenvalue weighted by molar-refractivity contribution is 7.15. The average molecular weight is 353 g/mol. The number of benzene rings is 2. The lowest BCUT2D eigenvalue weighted by Gasteiger charge is -2.05. The number of hydrogen-bond donors (Lipinski definition) is 2. The van der Waals surface area contributed by atoms with Gasteiger partial charge < -0.3 is 9.84 Å². The van der Waals surface area contributed by atoms with Gasteiger partial charge in [0.25, 0.3) is 0 Å². The van der Waals surface area contributed by atoms with E-state index in [0.29, 0.717) is 12.4 Å². The summed E-state index contributed by atoms with van der Waals surface area (Å²) < 4.78 is 5.37. The van der Waals surface area contributed by atoms with Crippen LogP contribution in [0.4, 0.5) is 5.13 Å². The van der Waals surface area contributed by atoms with Gasteiger partial charge in [0, 0.05) is 10.4 Å². The van der Waals surface area contributed by atoms with Gasteiger partial charge in [-0.3, -0.25) is 5.43 Å². The molecule has 0 aliphatic rings. The van der Waals surface area contributed by atoms with E-state index in [0.717, 1.165) is 26.8 Å². The Morgan fingerprint density at radius 3 is 2.80 bits per heavy atom. The molecule has 0 spiro atoms. The van der Waals surface area contributed by atoms with Crippen molar-refractivity contribution in [3.05, 3.63) is 59.0 Å². The third-order valence-corrected chi connectivity index (χ3v) is 4.38. The van der Waals surface area contributed by atoms with E-state index in [4.69, 9.17) is 4.74 Å². The van der Waals surface area contributed by atoms with E-state index in [-0.39, 0.29) is 5.75 Å². The smallest absolute Gasteiger partial charge is 0.204 e. The summed E-state index contributed by atoms with van der Waals surface area (Å²) >= 11 is 1.56. The molecule has 0 bridgehead atoms. The second kappa shape index (κ2) is 7.81. The summed E-state index contributed by atoms with van der Waals surface area (Å²) in [6.07, 6.45) is 1.67. The summed E-state index contributed by atoms with van der Waals surface area (Å²) in [6.45, 7) is 4.41. The zero-order valence-corrected chi connectivity index (χ0v) is 14.9. The summed E-state index contributed by atoms with van der Waals surface area (Å²) in [7, 11) is 0. The first kappa shape index (κ1) is 17.0. The van der Waals surface area contributed by atoms with Crippen molar-refractivity contribution < 1.29 is 9.84 Å². The molecule has 2 aromatic carbocycles. The minimum atomic E-state index is 0.120. The molecule has 0 saturated heterocycles. The molecular weight excluding hydrogens is 334 g/mol. The fraction of sp³-hybridized carbons (Fsp3) is 0.158. The van der Waals surface area contributed by atoms with E-state index in [2.05, 4.69) is 15.5 Å². The predicted octanol–water partition coefficient (Wildman–Crippen LogP) is 4.67. The van der Waals surface area contributed by atoms with Crippen molar-refractivity contribution >= 4 is 22.7 Å². The summed E-state index contributed by atoms with van der Waals surface area (Å²) in [5.41, 5.74) is 5.84. The molecule has 128 valence electrons. The maximum absolute atomic E-state index is 9.72. The fourth-order valence-electron chi connectivity index (χ4n) is 2.35. The molecule has 0 radical (unpaired) electrons. The monoisotopic (exact) mass is 353 g/mol. The van der Waals surface area contributed by atoms with Crippen LogP contribution >= 0.6 is 11.3 Å². The molecule has 2 N–H and O–H groups in total. The van der Waals surface area contributed by atoms with Crippen LogP contribution in [0.25, 0.3) is 11.3 Å². The van der Waals surface area contributed by atoms with Crippen LogP contribution in [0.5, 0.6) is 11.5 Å². The number of anilines is 1. The third kappa shape index (κ3) is 4.16. The predicted molar refractivity (Wildman–Crippen MR) is 103 cm³/mol. The number of phenols is 1. The zero-order chi connectivity index (χ0) is 17.6. The molecule has 0 atom stereocenters. The Kier molecular flexibility index (Phi) is 5.30. The molecule has 0 fully saturated rings. The minimum Gasteiger partial charge on any atom is -0.504 e. The van der Waals surface area contributed by atoms with Crippen molar-refractivity contribution in [3.63, 3.8) is 0 Å². The first-order valence-electron chi connectivity index (χ1n) is 7.95. The minimum absolute atomic E-state index is 0.120. The largest absolute Gasteiger partial charge is 0.504 e. The van der Waals surface area contributed by atoms with Gasteiger partial charge in [-0.05, 0) is 37.6 Å². The molecule has 3 rings (SSSR count). The van der Waals surface area contributed by atoms with Gasteiger partial charge in [-0.2, -0.15) is 5.10 Å². The SMILES string of the molecule is CCOc1cc(C=NNc2nc(-c3ccccc3)c(C)s2)ccc1O. The van der Waals surface area contributed by atoms with Crippen LogP contribution in [0.3, 0.4) is 0 Å². The summed E-state index contributed by atoms with van der Waals surface area (Å²) in [6, 6.07) is 15.2. The lowest BCUT2D eigenvalue weighted by atomic mass is 10.1. The normalized spacial score (nSPS) is 11.0. The summed E-state index contributed by atoms with van der Waals surface area (Å²) in [4.78, 5) is 5.73. The molecule has 0 aliphatic carbocycles. The van der Waals surface area contributed by atoms with Crippen LogP contribution in [0.15, 0.2) is 53.6 Å². The topological polar surface area (TPSA) is 66.7 Å². The van der Waals surface area contributed by atoms with Gasteiger partial charge >= 0.3 is 0 Å². The van der Waals surface area contributed by atoms with Crippen LogP contribution in [0, 0.1) is 6.92 Å². The van der Waals surface area contributed by atoms with E-state index in [1.807, 2.05) is 44.2 Å². The maximum Gasteiger partial charge on any atom is 0.204 e. The Hall–Kier alpha value is -2.86. The molecular formula is C19H19N3O2S. The van der Waals surface area contributed by atoms with Crippen molar-refractivity contribution in [2.24, 2.45) is 5.10 Å². The Labute approximate surface area is 150 Å². The van der Waals surface area contributed by atoms with Crippen LogP contribution < -0.4 is 10.2 Å². The van der Waals surface area contributed by atoms with Crippen molar-refractivity contribution in [3.8, 4) is 22.8 Å². The number of nitrogens with one attached hydrogen (secondary N) is 1. The Bertz CT molecular complexity index is 876. The number of thiazole rings is 1. The number of nitrogens with zero attached hydrogens (tertiary/aromatic N) is 2. The highest BCUT2D eigenvalue weighted by atomic mass is 32.1. The van der Waals surface area contributed by atoms with Crippen LogP contribution in [-0.2, 0) is 0 Å². The standard InChI is InChI=1S/C19H19N3O2S/c1-3-24-17-11-14(9-10-16(17)23)12-20-22-19-21-18(13(2)25-19)15-7-5-4-6-8-15/h4-12,23H,3H2,1-2H3,(H,21,22). The van der Waals surface area contributed by atoms with E-state index in [1.54, 1.807) is 35.8 Å². The number of aromatic nitrogens is 1. The quantitative estimate of drug-likeness (QED) is 0.499. The van der Waals surface area contributed by atoms with Crippen molar-refractivity contribution in [1.29, 1.82) is 0 Å². The number of ether oxygens (including phenoxy) is 1. The van der Waals surface area contributed by atoms with E-state index in [9.17, 15) is 5.11 Å². The van der Waals surface area contributed by atoms with Crippen molar-refractivity contribution in [1.82, 2.24) is 4.98 Å². The molecule has 3 aromatic rings. The molecule has 0 aliphatic heterocycles. The lowest BCUT2D eigenvalue weighted by molar-refractivity contribution is 0.318. The molecule has 0 saturated carbocycles. The molecule has 1 aromatic heterocycles. The van der Waals surface area contributed by atoms with Gasteiger partial charge in [-0.15, -0.1) is 11.3 Å². The summed E-state index contributed by atoms with van der Waals surface area (Å²) in [5.74, 6) is 0.568. The number of aromatic hydroxyl groups is 1. The van der Waals surface area contributed by atoms with Gasteiger partial charge in [0.1, 0.15) is 0 Å². The van der Waals surface area contributed by atoms with E-state index >= 15 is 0 Å². The van der Waals surface area contributed by atoms with E-state index in [1.165, 1.54) is 0 Å². The maximum atomic E-state index is 9.72. The van der Waals surface area contributed by atoms with Gasteiger partial charge in [0.05, 0.1) is 18.5 Å². The van der Waals surface area contributed by atoms with Crippen LogP contribution in [0.1, 0.15) is 17.4 Å². The lowest BCUT2D eigenvalue weighted by Crippen LogP contribution is -1.94. The number of hydrazone groups is 1. The number of hydrogen-bond acceptors (Lipinski definition) is 6. The highest BCUT2D eigenvalue weighted by Crippen LogP contribution is 2.30. The van der Waals surface area contributed by atoms with E-state index < -0.39 is 0 Å². The number of aryl methyl sites for hydroxylation is 1. The molecule has 1 heterocycles. The molecule has 6 heteroatoms. The number of rotatable bonds is 6. The fourth-order valence-corrected chi connectivity index (χ4v) is 3.14. The van der Waals surface area contributed by atoms with Crippen molar-refractivity contribution in [2.75, 3.05) is 12.0 Å². The molecule has 5 nitrogen and oxygen atoms in total. The third-order valence-electron chi connectivity index (χ3n) is 3.50. The second-order valence-electron chi connectivity index (χ2n) is 5.32. The molecule has 25 heavy (non-hydrogen) atoms. The first-order chi connectivity index (χ1) is 12.2. The van der Waals surface area contributed by atoms with Crippen LogP contribution in [0.2, 0.25) is 0 Å². The Balaban J connectivity index is 1.72. The Morgan fingerprint density at radius 1 is 1.24 bits per heavy atom. The first-order valence-corrected chi connectivity index (χ1v) is 8.76. The van der Waals surface area contributed by atoms with Gasteiger partial charge in [0.2, 0.25) is 5.13 Å². The molecule has 0 amide bonds. The van der Waals surface area contributed by atoms with Crippen molar-refractivity contribution in [2.45, 2.75) is 13.8 Å². The zero-order valence-electron chi connectivity index (χ0n) is 14.1. The van der Waals surface area contributed by atoms with Crippen LogP contribution in [-0.4, -0.2) is 22.9 Å². The van der Waals surface area contributed by atoms with Gasteiger partial charge in [0.15, 0.2) is 11.5 Å². The highest BCUT2D eigenvalue weighted by Gasteiger charge is 2.08. The number of phenolic OH excluding ortho intramolecular Hbond substituents is 1.